The molecule has 5 heteroatoms. The lowest BCUT2D eigenvalue weighted by Crippen LogP contribution is -2.48. The molecule has 1 heterocycles. The summed E-state index contributed by atoms with van der Waals surface area (Å²) in [6.45, 7) is 5.08. The molecule has 1 atom stereocenters. The van der Waals surface area contributed by atoms with Gasteiger partial charge in [0, 0.05) is 17.3 Å². The molecule has 1 N–H and O–H groups in total. The molecule has 1 aliphatic rings. The summed E-state index contributed by atoms with van der Waals surface area (Å²) in [5.41, 5.74) is 0.252. The molecule has 1 aromatic carbocycles. The highest BCUT2D eigenvalue weighted by Crippen LogP contribution is 2.29. The van der Waals surface area contributed by atoms with E-state index in [9.17, 15) is 4.79 Å². The maximum absolute atomic E-state index is 12.4. The van der Waals surface area contributed by atoms with Gasteiger partial charge in [-0.1, -0.05) is 18.5 Å². The number of carbonyl (C=O) groups excluding carboxylic acids is 1. The zero-order valence-corrected chi connectivity index (χ0v) is 13.4. The van der Waals surface area contributed by atoms with E-state index in [1.165, 1.54) is 7.11 Å². The van der Waals surface area contributed by atoms with Gasteiger partial charge in [0.1, 0.15) is 5.54 Å². The number of ether oxygens (including phenoxy) is 1. The van der Waals surface area contributed by atoms with Gasteiger partial charge < -0.3 is 15.0 Å². The van der Waals surface area contributed by atoms with E-state index in [4.69, 9.17) is 16.3 Å². The van der Waals surface area contributed by atoms with Crippen LogP contribution in [0.3, 0.4) is 0 Å². The van der Waals surface area contributed by atoms with Gasteiger partial charge in [-0.3, -0.25) is 0 Å². The smallest absolute Gasteiger partial charge is 0.331 e. The lowest BCUT2D eigenvalue weighted by atomic mass is 9.90. The number of hydrogen-bond acceptors (Lipinski definition) is 4. The molecule has 116 valence electrons. The molecule has 0 aromatic heterocycles. The van der Waals surface area contributed by atoms with E-state index in [0.29, 0.717) is 5.02 Å². The number of carbonyl (C=O) groups is 1. The van der Waals surface area contributed by atoms with Gasteiger partial charge in [0.15, 0.2) is 0 Å². The number of benzene rings is 1. The van der Waals surface area contributed by atoms with Crippen molar-refractivity contribution < 1.29 is 9.53 Å². The van der Waals surface area contributed by atoms with E-state index < -0.39 is 5.54 Å². The van der Waals surface area contributed by atoms with E-state index in [0.717, 1.165) is 44.6 Å². The van der Waals surface area contributed by atoms with Gasteiger partial charge in [-0.25, -0.2) is 4.79 Å². The molecule has 1 fully saturated rings. The fourth-order valence-electron chi connectivity index (χ4n) is 2.89. The molecule has 0 saturated carbocycles. The molecule has 1 aliphatic heterocycles. The second-order valence-electron chi connectivity index (χ2n) is 5.49. The van der Waals surface area contributed by atoms with Crippen LogP contribution >= 0.6 is 11.6 Å². The molecule has 0 amide bonds. The van der Waals surface area contributed by atoms with Crippen LogP contribution < -0.4 is 5.32 Å². The Morgan fingerprint density at radius 1 is 1.33 bits per heavy atom. The number of esters is 1. The van der Waals surface area contributed by atoms with Gasteiger partial charge in [-0.05, 0) is 56.6 Å². The van der Waals surface area contributed by atoms with Crippen LogP contribution in [0.1, 0.15) is 26.2 Å². The summed E-state index contributed by atoms with van der Waals surface area (Å²) in [5.74, 6) is -0.185. The monoisotopic (exact) mass is 310 g/mol. The second kappa shape index (κ2) is 7.14. The number of hydrogen-bond donors (Lipinski definition) is 1. The molecular weight excluding hydrogens is 288 g/mol. The number of halogens is 1. The van der Waals surface area contributed by atoms with Gasteiger partial charge in [0.2, 0.25) is 0 Å². The summed E-state index contributed by atoms with van der Waals surface area (Å²) in [6.07, 6.45) is 2.50. The number of nitrogens with zero attached hydrogens (tertiary/aromatic N) is 1. The maximum atomic E-state index is 12.4. The van der Waals surface area contributed by atoms with Crippen molar-refractivity contribution in [3.05, 3.63) is 29.3 Å². The fraction of sp³-hybridized carbons (Fsp3) is 0.562. The molecule has 2 rings (SSSR count). The lowest BCUT2D eigenvalue weighted by molar-refractivity contribution is -0.146. The number of methoxy groups -OCH3 is 1. The molecule has 1 aromatic rings. The molecular formula is C16H23ClN2O2. The largest absolute Gasteiger partial charge is 0.467 e. The highest BCUT2D eigenvalue weighted by atomic mass is 35.5. The summed E-state index contributed by atoms with van der Waals surface area (Å²) < 4.78 is 5.07. The molecule has 4 nitrogen and oxygen atoms in total. The van der Waals surface area contributed by atoms with Crippen LogP contribution in [-0.2, 0) is 9.53 Å². The molecule has 0 radical (unpaired) electrons. The Morgan fingerprint density at radius 2 is 2.05 bits per heavy atom. The molecule has 0 aliphatic carbocycles. The molecule has 0 spiro atoms. The summed E-state index contributed by atoms with van der Waals surface area (Å²) >= 11 is 5.92. The third-order valence-electron chi connectivity index (χ3n) is 4.18. The zero-order chi connectivity index (χ0) is 15.3. The van der Waals surface area contributed by atoms with Gasteiger partial charge in [0.25, 0.3) is 0 Å². The summed E-state index contributed by atoms with van der Waals surface area (Å²) in [5, 5.41) is 4.08. The average Bonchev–Trinajstić information content (AvgIpc) is 2.72. The van der Waals surface area contributed by atoms with Crippen LogP contribution in [0.5, 0.6) is 0 Å². The Labute approximate surface area is 131 Å². The van der Waals surface area contributed by atoms with Gasteiger partial charge >= 0.3 is 5.97 Å². The summed E-state index contributed by atoms with van der Waals surface area (Å²) in [4.78, 5) is 14.7. The first-order valence-electron chi connectivity index (χ1n) is 7.44. The Bertz CT molecular complexity index is 478. The molecule has 1 unspecified atom stereocenters. The van der Waals surface area contributed by atoms with Crippen LogP contribution in [0.15, 0.2) is 24.3 Å². The highest BCUT2D eigenvalue weighted by molar-refractivity contribution is 6.30. The topological polar surface area (TPSA) is 41.6 Å². The van der Waals surface area contributed by atoms with E-state index >= 15 is 0 Å². The first-order chi connectivity index (χ1) is 10.1. The predicted molar refractivity (Wildman–Crippen MR) is 85.8 cm³/mol. The third kappa shape index (κ3) is 3.89. The van der Waals surface area contributed by atoms with Crippen molar-refractivity contribution in [2.75, 3.05) is 32.1 Å². The minimum Gasteiger partial charge on any atom is -0.467 e. The normalized spacial score (nSPS) is 23.4. The molecule has 0 bridgehead atoms. The minimum atomic E-state index is -0.646. The minimum absolute atomic E-state index is 0.185. The van der Waals surface area contributed by atoms with Crippen LogP contribution in [0.2, 0.25) is 5.02 Å². The number of nitrogens with one attached hydrogen (secondary N) is 1. The highest BCUT2D eigenvalue weighted by Gasteiger charge is 2.40. The number of anilines is 1. The van der Waals surface area contributed by atoms with Crippen molar-refractivity contribution in [2.24, 2.45) is 0 Å². The predicted octanol–water partition coefficient (Wildman–Crippen LogP) is 3.17. The summed E-state index contributed by atoms with van der Waals surface area (Å²) in [7, 11) is 1.45. The van der Waals surface area contributed by atoms with Gasteiger partial charge in [-0.15, -0.1) is 0 Å². The zero-order valence-electron chi connectivity index (χ0n) is 12.7. The van der Waals surface area contributed by atoms with Crippen molar-refractivity contribution in [3.63, 3.8) is 0 Å². The SMILES string of the molecule is CCN1CCCC(Nc2ccc(Cl)cc2)(C(=O)OC)CC1. The molecule has 1 saturated heterocycles. The Balaban J connectivity index is 2.20. The average molecular weight is 311 g/mol. The maximum Gasteiger partial charge on any atom is 0.331 e. The van der Waals surface area contributed by atoms with Crippen LogP contribution in [0.4, 0.5) is 5.69 Å². The fourth-order valence-corrected chi connectivity index (χ4v) is 3.02. The number of rotatable bonds is 4. The quantitative estimate of drug-likeness (QED) is 0.867. The van der Waals surface area contributed by atoms with Crippen molar-refractivity contribution >= 4 is 23.3 Å². The Morgan fingerprint density at radius 3 is 2.67 bits per heavy atom. The van der Waals surface area contributed by atoms with E-state index in [2.05, 4.69) is 17.1 Å². The first kappa shape index (κ1) is 16.1. The van der Waals surface area contributed by atoms with Crippen LogP contribution in [0.25, 0.3) is 0 Å². The molecule has 21 heavy (non-hydrogen) atoms. The van der Waals surface area contributed by atoms with Crippen molar-refractivity contribution in [1.82, 2.24) is 4.90 Å². The third-order valence-corrected chi connectivity index (χ3v) is 4.44. The van der Waals surface area contributed by atoms with Crippen LogP contribution in [-0.4, -0.2) is 43.2 Å². The van der Waals surface area contributed by atoms with Gasteiger partial charge in [-0.2, -0.15) is 0 Å². The second-order valence-corrected chi connectivity index (χ2v) is 5.93. The Hall–Kier alpha value is -1.26. The lowest BCUT2D eigenvalue weighted by Gasteiger charge is -2.32. The summed E-state index contributed by atoms with van der Waals surface area (Å²) in [6, 6.07) is 7.44. The first-order valence-corrected chi connectivity index (χ1v) is 7.82. The van der Waals surface area contributed by atoms with Gasteiger partial charge in [0.05, 0.1) is 7.11 Å². The van der Waals surface area contributed by atoms with Crippen molar-refractivity contribution in [3.8, 4) is 0 Å². The van der Waals surface area contributed by atoms with E-state index in [1.54, 1.807) is 0 Å². The van der Waals surface area contributed by atoms with Crippen LogP contribution in [0, 0.1) is 0 Å². The van der Waals surface area contributed by atoms with E-state index in [1.807, 2.05) is 24.3 Å². The standard InChI is InChI=1S/C16H23ClN2O2/c1-3-19-11-4-9-16(10-12-19,15(20)21-2)18-14-7-5-13(17)6-8-14/h5-8,18H,3-4,9-12H2,1-2H3. The van der Waals surface area contributed by atoms with E-state index in [-0.39, 0.29) is 5.97 Å². The number of likely N-dealkylation sites (tertiary alicyclic amines) is 1. The van der Waals surface area contributed by atoms with Crippen molar-refractivity contribution in [1.29, 1.82) is 0 Å². The van der Waals surface area contributed by atoms with Crippen molar-refractivity contribution in [2.45, 2.75) is 31.7 Å². The Kier molecular flexibility index (Phi) is 5.48.